The number of aliphatic imine (C=N–C) groups is 1. The Morgan fingerprint density at radius 1 is 1.26 bits per heavy atom. The number of halogens is 1. The van der Waals surface area contributed by atoms with Crippen molar-refractivity contribution in [2.45, 2.75) is 25.7 Å². The van der Waals surface area contributed by atoms with Crippen LogP contribution in [0.4, 0.5) is 0 Å². The van der Waals surface area contributed by atoms with Crippen molar-refractivity contribution in [2.24, 2.45) is 10.9 Å². The first-order chi connectivity index (χ1) is 11.2. The molecule has 1 aromatic rings. The fourth-order valence-corrected chi connectivity index (χ4v) is 3.90. The monoisotopic (exact) mass is 326 g/mol. The zero-order chi connectivity index (χ0) is 16.2. The minimum Gasteiger partial charge on any atom is -0.317 e. The van der Waals surface area contributed by atoms with Crippen LogP contribution in [-0.4, -0.2) is 18.8 Å². The van der Waals surface area contributed by atoms with Gasteiger partial charge in [0.2, 0.25) is 0 Å². The molecule has 1 N–H and O–H groups in total. The molecule has 1 atom stereocenters. The summed E-state index contributed by atoms with van der Waals surface area (Å²) >= 11 is 6.23. The summed E-state index contributed by atoms with van der Waals surface area (Å²) in [5.74, 6) is 0.883. The van der Waals surface area contributed by atoms with Crippen LogP contribution in [0.2, 0.25) is 5.02 Å². The molecular formula is C20H23ClN2. The van der Waals surface area contributed by atoms with E-state index in [1.807, 2.05) is 6.07 Å². The molecule has 0 amide bonds. The summed E-state index contributed by atoms with van der Waals surface area (Å²) in [6.45, 7) is 8.05. The van der Waals surface area contributed by atoms with Gasteiger partial charge < -0.3 is 5.32 Å². The first-order valence-corrected chi connectivity index (χ1v) is 8.66. The number of fused-ring (bicyclic) bond motifs is 1. The zero-order valence-corrected chi connectivity index (χ0v) is 14.3. The van der Waals surface area contributed by atoms with Gasteiger partial charge in [-0.1, -0.05) is 42.5 Å². The maximum atomic E-state index is 6.23. The second kappa shape index (κ2) is 7.29. The summed E-state index contributed by atoms with van der Waals surface area (Å²) in [7, 11) is 0. The molecule has 0 radical (unpaired) electrons. The van der Waals surface area contributed by atoms with Crippen LogP contribution >= 0.6 is 11.6 Å². The van der Waals surface area contributed by atoms with Crippen LogP contribution in [0.5, 0.6) is 0 Å². The summed E-state index contributed by atoms with van der Waals surface area (Å²) in [6.07, 6.45) is 10.5. The number of benzene rings is 1. The highest BCUT2D eigenvalue weighted by Crippen LogP contribution is 2.39. The molecule has 1 fully saturated rings. The van der Waals surface area contributed by atoms with Crippen LogP contribution in [0, 0.1) is 5.92 Å². The Hall–Kier alpha value is -1.64. The summed E-state index contributed by atoms with van der Waals surface area (Å²) in [6, 6.07) is 6.23. The molecule has 0 bridgehead atoms. The first-order valence-electron chi connectivity index (χ1n) is 8.28. The lowest BCUT2D eigenvalue weighted by molar-refractivity contribution is 0.357. The number of hydrogen-bond donors (Lipinski definition) is 1. The van der Waals surface area contributed by atoms with Gasteiger partial charge in [0.1, 0.15) is 0 Å². The largest absolute Gasteiger partial charge is 0.317 e. The zero-order valence-electron chi connectivity index (χ0n) is 13.6. The SMILES string of the molecule is C=CN=C1/C(=C\C)C=Cc2cc(Cl)ccc2C1C1CCNCC1. The van der Waals surface area contributed by atoms with E-state index in [1.54, 1.807) is 6.20 Å². The Balaban J connectivity index is 2.16. The summed E-state index contributed by atoms with van der Waals surface area (Å²) in [4.78, 5) is 4.68. The van der Waals surface area contributed by atoms with E-state index in [-0.39, 0.29) is 0 Å². The number of nitrogens with one attached hydrogen (secondary N) is 1. The summed E-state index contributed by atoms with van der Waals surface area (Å²) in [5.41, 5.74) is 4.84. The number of allylic oxidation sites excluding steroid dienone is 3. The van der Waals surface area contributed by atoms with E-state index in [0.717, 1.165) is 23.8 Å². The predicted molar refractivity (Wildman–Crippen MR) is 100 cm³/mol. The van der Waals surface area contributed by atoms with Crippen LogP contribution in [-0.2, 0) is 0 Å². The molecule has 2 nitrogen and oxygen atoms in total. The predicted octanol–water partition coefficient (Wildman–Crippen LogP) is 4.98. The smallest absolute Gasteiger partial charge is 0.0550 e. The number of rotatable bonds is 2. The normalized spacial score (nSPS) is 25.4. The van der Waals surface area contributed by atoms with Crippen molar-refractivity contribution in [1.82, 2.24) is 5.32 Å². The molecule has 1 aliphatic heterocycles. The van der Waals surface area contributed by atoms with Crippen molar-refractivity contribution >= 4 is 23.4 Å². The van der Waals surface area contributed by atoms with Crippen LogP contribution in [0.15, 0.2) is 53.7 Å². The lowest BCUT2D eigenvalue weighted by atomic mass is 9.75. The number of hydrogen-bond acceptors (Lipinski definition) is 2. The van der Waals surface area contributed by atoms with Gasteiger partial charge in [0.15, 0.2) is 0 Å². The van der Waals surface area contributed by atoms with E-state index >= 15 is 0 Å². The highest BCUT2D eigenvalue weighted by Gasteiger charge is 2.32. The maximum absolute atomic E-state index is 6.23. The molecule has 1 aromatic carbocycles. The van der Waals surface area contributed by atoms with Gasteiger partial charge in [-0.3, -0.25) is 4.99 Å². The van der Waals surface area contributed by atoms with Crippen molar-refractivity contribution in [1.29, 1.82) is 0 Å². The molecule has 1 saturated heterocycles. The fourth-order valence-electron chi connectivity index (χ4n) is 3.72. The Morgan fingerprint density at radius 3 is 2.74 bits per heavy atom. The fraction of sp³-hybridized carbons (Fsp3) is 0.350. The van der Waals surface area contributed by atoms with Crippen LogP contribution in [0.1, 0.15) is 36.8 Å². The highest BCUT2D eigenvalue weighted by atomic mass is 35.5. The molecule has 120 valence electrons. The van der Waals surface area contributed by atoms with E-state index in [4.69, 9.17) is 11.6 Å². The van der Waals surface area contributed by atoms with Crippen molar-refractivity contribution in [2.75, 3.05) is 13.1 Å². The molecule has 1 heterocycles. The van der Waals surface area contributed by atoms with Gasteiger partial charge in [0, 0.05) is 17.1 Å². The van der Waals surface area contributed by atoms with E-state index < -0.39 is 0 Å². The van der Waals surface area contributed by atoms with Gasteiger partial charge in [0.25, 0.3) is 0 Å². The molecule has 1 aliphatic carbocycles. The Labute approximate surface area is 143 Å². The number of piperidine rings is 1. The second-order valence-corrected chi connectivity index (χ2v) is 6.55. The molecule has 2 aliphatic rings. The lowest BCUT2D eigenvalue weighted by Gasteiger charge is -2.32. The molecule has 0 spiro atoms. The highest BCUT2D eigenvalue weighted by molar-refractivity contribution is 6.30. The van der Waals surface area contributed by atoms with Crippen molar-refractivity contribution in [3.63, 3.8) is 0 Å². The lowest BCUT2D eigenvalue weighted by Crippen LogP contribution is -2.34. The van der Waals surface area contributed by atoms with E-state index in [2.05, 4.69) is 54.2 Å². The van der Waals surface area contributed by atoms with Crippen molar-refractivity contribution < 1.29 is 0 Å². The van der Waals surface area contributed by atoms with Crippen LogP contribution in [0.25, 0.3) is 6.08 Å². The molecule has 23 heavy (non-hydrogen) atoms. The quantitative estimate of drug-likeness (QED) is 0.814. The Kier molecular flexibility index (Phi) is 5.14. The second-order valence-electron chi connectivity index (χ2n) is 6.11. The molecule has 1 unspecified atom stereocenters. The van der Waals surface area contributed by atoms with E-state index in [9.17, 15) is 0 Å². The van der Waals surface area contributed by atoms with Crippen molar-refractivity contribution in [3.05, 3.63) is 64.9 Å². The molecule has 3 rings (SSSR count). The number of nitrogens with zero attached hydrogens (tertiary/aromatic N) is 1. The third-order valence-corrected chi connectivity index (χ3v) is 5.05. The first kappa shape index (κ1) is 16.2. The molecule has 0 saturated carbocycles. The van der Waals surface area contributed by atoms with Gasteiger partial charge in [-0.15, -0.1) is 0 Å². The average Bonchev–Trinajstić information content (AvgIpc) is 2.72. The van der Waals surface area contributed by atoms with Gasteiger partial charge in [-0.25, -0.2) is 0 Å². The summed E-state index contributed by atoms with van der Waals surface area (Å²) < 4.78 is 0. The summed E-state index contributed by atoms with van der Waals surface area (Å²) in [5, 5.41) is 4.24. The van der Waals surface area contributed by atoms with Crippen molar-refractivity contribution in [3.8, 4) is 0 Å². The van der Waals surface area contributed by atoms with Gasteiger partial charge in [0.05, 0.1) is 5.71 Å². The minimum absolute atomic E-state index is 0.295. The molecule has 3 heteroatoms. The van der Waals surface area contributed by atoms with E-state index in [0.29, 0.717) is 11.8 Å². The Bertz CT molecular complexity index is 679. The minimum atomic E-state index is 0.295. The maximum Gasteiger partial charge on any atom is 0.0550 e. The average molecular weight is 327 g/mol. The van der Waals surface area contributed by atoms with E-state index in [1.165, 1.54) is 29.5 Å². The van der Waals surface area contributed by atoms with Gasteiger partial charge in [-0.2, -0.15) is 0 Å². The topological polar surface area (TPSA) is 24.4 Å². The third kappa shape index (κ3) is 3.34. The third-order valence-electron chi connectivity index (χ3n) is 4.81. The van der Waals surface area contributed by atoms with Gasteiger partial charge >= 0.3 is 0 Å². The van der Waals surface area contributed by atoms with Crippen LogP contribution < -0.4 is 5.32 Å². The Morgan fingerprint density at radius 2 is 2.04 bits per heavy atom. The molecular weight excluding hydrogens is 304 g/mol. The standard InChI is InChI=1S/C20H23ClN2/c1-3-14-5-6-16-13-17(21)7-8-18(16)19(20(14)23-4-2)15-9-11-22-12-10-15/h3-8,13,15,19,22H,2,9-12H2,1H3/b14-3-,23-20?. The van der Waals surface area contributed by atoms with Gasteiger partial charge in [-0.05, 0) is 67.6 Å². The molecule has 0 aromatic heterocycles. The van der Waals surface area contributed by atoms with Crippen LogP contribution in [0.3, 0.4) is 0 Å².